The fourth-order valence-corrected chi connectivity index (χ4v) is 7.22. The zero-order valence-corrected chi connectivity index (χ0v) is 32.0. The fourth-order valence-electron chi connectivity index (χ4n) is 7.22. The highest BCUT2D eigenvalue weighted by Gasteiger charge is 2.01. The summed E-state index contributed by atoms with van der Waals surface area (Å²) < 4.78 is 0. The summed E-state index contributed by atoms with van der Waals surface area (Å²) in [5.74, 6) is 0. The number of unbranched alkanes of at least 4 members (excludes halogenated alkanes) is 34. The van der Waals surface area contributed by atoms with Crippen LogP contribution in [0.5, 0.6) is 0 Å². The maximum absolute atomic E-state index is 5.00. The van der Waals surface area contributed by atoms with Gasteiger partial charge in [0, 0.05) is 11.4 Å². The normalized spacial score (nSPS) is 11.5. The van der Waals surface area contributed by atoms with Crippen molar-refractivity contribution in [2.45, 2.75) is 258 Å². The van der Waals surface area contributed by atoms with E-state index in [1.165, 1.54) is 255 Å². The number of aromatic nitrogens is 1. The van der Waals surface area contributed by atoms with Crippen LogP contribution in [0.4, 0.5) is 0 Å². The maximum atomic E-state index is 5.00. The molecular formula is C45H85N. The van der Waals surface area contributed by atoms with E-state index in [4.69, 9.17) is 4.98 Å². The minimum atomic E-state index is 1.17. The van der Waals surface area contributed by atoms with Crippen LogP contribution < -0.4 is 0 Å². The molecule has 0 aliphatic heterocycles. The van der Waals surface area contributed by atoms with Gasteiger partial charge in [-0.25, -0.2) is 0 Å². The first-order valence-electron chi connectivity index (χ1n) is 21.8. The lowest BCUT2D eigenvalue weighted by atomic mass is 10.0. The number of hydrogen-bond donors (Lipinski definition) is 0. The van der Waals surface area contributed by atoms with Crippen LogP contribution >= 0.6 is 0 Å². The van der Waals surface area contributed by atoms with Crippen molar-refractivity contribution in [3.8, 4) is 0 Å². The van der Waals surface area contributed by atoms with E-state index in [0.29, 0.717) is 0 Å². The third kappa shape index (κ3) is 31.7. The lowest BCUT2D eigenvalue weighted by Gasteiger charge is -2.06. The first-order valence-corrected chi connectivity index (χ1v) is 21.8. The van der Waals surface area contributed by atoms with Gasteiger partial charge < -0.3 is 0 Å². The molecule has 1 heterocycles. The van der Waals surface area contributed by atoms with Crippen LogP contribution in [0.15, 0.2) is 18.2 Å². The molecule has 0 unspecified atom stereocenters. The molecule has 270 valence electrons. The molecule has 1 rings (SSSR count). The van der Waals surface area contributed by atoms with Crippen molar-refractivity contribution >= 4 is 0 Å². The molecule has 0 saturated carbocycles. The maximum Gasteiger partial charge on any atom is 0.0406 e. The third-order valence-electron chi connectivity index (χ3n) is 10.4. The van der Waals surface area contributed by atoms with Crippen LogP contribution in [-0.4, -0.2) is 4.98 Å². The number of pyridine rings is 1. The number of aryl methyl sites for hydroxylation is 2. The number of hydrogen-bond acceptors (Lipinski definition) is 1. The van der Waals surface area contributed by atoms with Crippen molar-refractivity contribution in [3.63, 3.8) is 0 Å². The Morgan fingerprint density at radius 2 is 0.478 bits per heavy atom. The zero-order chi connectivity index (χ0) is 32.9. The Morgan fingerprint density at radius 3 is 0.696 bits per heavy atom. The Labute approximate surface area is 291 Å². The summed E-state index contributed by atoms with van der Waals surface area (Å²) in [6.07, 6.45) is 54.3. The van der Waals surface area contributed by atoms with Crippen LogP contribution in [0.2, 0.25) is 0 Å². The molecule has 0 N–H and O–H groups in total. The molecule has 1 aromatic heterocycles. The first kappa shape index (κ1) is 43.2. The molecular weight excluding hydrogens is 555 g/mol. The summed E-state index contributed by atoms with van der Waals surface area (Å²) in [7, 11) is 0. The van der Waals surface area contributed by atoms with E-state index in [-0.39, 0.29) is 0 Å². The summed E-state index contributed by atoms with van der Waals surface area (Å²) in [5.41, 5.74) is 2.66. The second kappa shape index (κ2) is 37.0. The molecule has 0 amide bonds. The van der Waals surface area contributed by atoms with Crippen molar-refractivity contribution in [2.75, 3.05) is 0 Å². The van der Waals surface area contributed by atoms with Gasteiger partial charge in [-0.15, -0.1) is 0 Å². The van der Waals surface area contributed by atoms with Gasteiger partial charge in [0.1, 0.15) is 0 Å². The molecule has 0 aromatic carbocycles. The van der Waals surface area contributed by atoms with Crippen molar-refractivity contribution in [1.29, 1.82) is 0 Å². The van der Waals surface area contributed by atoms with Crippen molar-refractivity contribution in [1.82, 2.24) is 4.98 Å². The highest BCUT2D eigenvalue weighted by Crippen LogP contribution is 2.17. The highest BCUT2D eigenvalue weighted by molar-refractivity contribution is 5.11. The van der Waals surface area contributed by atoms with Crippen LogP contribution in [0.3, 0.4) is 0 Å². The largest absolute Gasteiger partial charge is 0.258 e. The van der Waals surface area contributed by atoms with E-state index in [9.17, 15) is 0 Å². The standard InChI is InChI=1S/C45H85N/c1-3-5-7-9-11-13-15-17-19-21-23-25-27-29-31-33-35-37-40-44-42-39-43-45(46-44)41-38-36-34-32-30-28-26-24-22-20-18-16-14-12-10-8-6-4-2/h39,42-43H,3-38,40-41H2,1-2H3. The van der Waals surface area contributed by atoms with Gasteiger partial charge in [-0.05, 0) is 37.8 Å². The summed E-state index contributed by atoms with van der Waals surface area (Å²) >= 11 is 0. The number of rotatable bonds is 38. The van der Waals surface area contributed by atoms with Gasteiger partial charge in [0.05, 0.1) is 0 Å². The SMILES string of the molecule is CCCCCCCCCCCCCCCCCCCCc1cccc(CCCCCCCCCCCCCCCCCCCC)n1. The molecule has 1 heteroatoms. The Bertz CT molecular complexity index is 641. The Balaban J connectivity index is 1.82. The Hall–Kier alpha value is -0.850. The highest BCUT2D eigenvalue weighted by atomic mass is 14.7. The summed E-state index contributed by atoms with van der Waals surface area (Å²) in [6, 6.07) is 6.76. The molecule has 0 spiro atoms. The Kier molecular flexibility index (Phi) is 34.7. The molecule has 0 aliphatic carbocycles. The lowest BCUT2D eigenvalue weighted by molar-refractivity contribution is 0.524. The van der Waals surface area contributed by atoms with E-state index >= 15 is 0 Å². The number of nitrogens with zero attached hydrogens (tertiary/aromatic N) is 1. The van der Waals surface area contributed by atoms with E-state index in [1.807, 2.05) is 0 Å². The van der Waals surface area contributed by atoms with Crippen molar-refractivity contribution < 1.29 is 0 Å². The minimum absolute atomic E-state index is 1.17. The van der Waals surface area contributed by atoms with Crippen LogP contribution in [0, 0.1) is 0 Å². The lowest BCUT2D eigenvalue weighted by Crippen LogP contribution is -1.96. The average molecular weight is 640 g/mol. The minimum Gasteiger partial charge on any atom is -0.258 e. The van der Waals surface area contributed by atoms with Gasteiger partial charge in [0.2, 0.25) is 0 Å². The van der Waals surface area contributed by atoms with Crippen molar-refractivity contribution in [3.05, 3.63) is 29.6 Å². The van der Waals surface area contributed by atoms with Crippen molar-refractivity contribution in [2.24, 2.45) is 0 Å². The van der Waals surface area contributed by atoms with Gasteiger partial charge in [0.15, 0.2) is 0 Å². The summed E-state index contributed by atoms with van der Waals surface area (Å²) in [6.45, 7) is 4.61. The van der Waals surface area contributed by atoms with Crippen LogP contribution in [0.1, 0.15) is 256 Å². The predicted octanol–water partition coefficient (Wildman–Crippen LogP) is 16.2. The molecule has 0 aliphatic rings. The summed E-state index contributed by atoms with van der Waals surface area (Å²) in [4.78, 5) is 5.00. The molecule has 1 nitrogen and oxygen atoms in total. The van der Waals surface area contributed by atoms with E-state index < -0.39 is 0 Å². The first-order chi connectivity index (χ1) is 22.9. The molecule has 0 saturated heterocycles. The predicted molar refractivity (Wildman–Crippen MR) is 209 cm³/mol. The zero-order valence-electron chi connectivity index (χ0n) is 32.0. The quantitative estimate of drug-likeness (QED) is 0.0656. The molecule has 0 fully saturated rings. The fraction of sp³-hybridized carbons (Fsp3) is 0.889. The van der Waals surface area contributed by atoms with E-state index in [2.05, 4.69) is 32.0 Å². The smallest absolute Gasteiger partial charge is 0.0406 e. The van der Waals surface area contributed by atoms with E-state index in [1.54, 1.807) is 0 Å². The molecule has 0 atom stereocenters. The Morgan fingerprint density at radius 1 is 0.283 bits per heavy atom. The van der Waals surface area contributed by atoms with Gasteiger partial charge in [-0.3, -0.25) is 4.98 Å². The monoisotopic (exact) mass is 640 g/mol. The van der Waals surface area contributed by atoms with Gasteiger partial charge in [0.25, 0.3) is 0 Å². The van der Waals surface area contributed by atoms with E-state index in [0.717, 1.165) is 0 Å². The van der Waals surface area contributed by atoms with Crippen LogP contribution in [-0.2, 0) is 12.8 Å². The molecule has 0 bridgehead atoms. The van der Waals surface area contributed by atoms with Gasteiger partial charge in [-0.1, -0.05) is 238 Å². The van der Waals surface area contributed by atoms with Crippen LogP contribution in [0.25, 0.3) is 0 Å². The average Bonchev–Trinajstić information content (AvgIpc) is 3.07. The van der Waals surface area contributed by atoms with Gasteiger partial charge in [-0.2, -0.15) is 0 Å². The third-order valence-corrected chi connectivity index (χ3v) is 10.4. The molecule has 1 aromatic rings. The van der Waals surface area contributed by atoms with Gasteiger partial charge >= 0.3 is 0 Å². The molecule has 0 radical (unpaired) electrons. The summed E-state index contributed by atoms with van der Waals surface area (Å²) in [5, 5.41) is 0. The topological polar surface area (TPSA) is 12.9 Å². The second-order valence-electron chi connectivity index (χ2n) is 15.1. The second-order valence-corrected chi connectivity index (χ2v) is 15.1. The molecule has 46 heavy (non-hydrogen) atoms.